The normalized spacial score (nSPS) is 11.7. The number of rotatable bonds is 2. The number of para-hydroxylation sites is 3. The van der Waals surface area contributed by atoms with Gasteiger partial charge in [-0.1, -0.05) is 54.6 Å². The molecule has 5 nitrogen and oxygen atoms in total. The number of benzene rings is 6. The SMILES string of the molecule is N#Cc1ccc2oc3c(-n4c5ccccc5c5cc(C#N)ccc54)cc(-n4c5ccccc5c5ccccc54)cc3c2c1. The maximum atomic E-state index is 9.72. The van der Waals surface area contributed by atoms with Gasteiger partial charge >= 0.3 is 0 Å². The molecule has 198 valence electrons. The summed E-state index contributed by atoms with van der Waals surface area (Å²) in [4.78, 5) is 0. The highest BCUT2D eigenvalue weighted by molar-refractivity contribution is 6.14. The highest BCUT2D eigenvalue weighted by atomic mass is 16.3. The molecule has 0 N–H and O–H groups in total. The van der Waals surface area contributed by atoms with Crippen LogP contribution in [0.1, 0.15) is 11.1 Å². The van der Waals surface area contributed by atoms with Gasteiger partial charge in [0, 0.05) is 38.0 Å². The van der Waals surface area contributed by atoms with E-state index in [1.807, 2.05) is 42.5 Å². The Bertz CT molecular complexity index is 2650. The Kier molecular flexibility index (Phi) is 4.68. The van der Waals surface area contributed by atoms with E-state index in [9.17, 15) is 10.5 Å². The van der Waals surface area contributed by atoms with Crippen LogP contribution >= 0.6 is 0 Å². The van der Waals surface area contributed by atoms with E-state index in [2.05, 4.69) is 94.1 Å². The minimum Gasteiger partial charge on any atom is -0.454 e. The average molecular weight is 549 g/mol. The molecule has 3 aromatic heterocycles. The molecule has 6 aromatic carbocycles. The van der Waals surface area contributed by atoms with Crippen LogP contribution < -0.4 is 0 Å². The summed E-state index contributed by atoms with van der Waals surface area (Å²) in [5.41, 5.74) is 8.77. The van der Waals surface area contributed by atoms with Crippen LogP contribution in [-0.4, -0.2) is 9.13 Å². The van der Waals surface area contributed by atoms with E-state index in [0.717, 1.165) is 66.2 Å². The second-order valence-electron chi connectivity index (χ2n) is 10.8. The monoisotopic (exact) mass is 548 g/mol. The summed E-state index contributed by atoms with van der Waals surface area (Å²) in [7, 11) is 0. The fraction of sp³-hybridized carbons (Fsp3) is 0. The molecule has 9 aromatic rings. The van der Waals surface area contributed by atoms with Crippen molar-refractivity contribution < 1.29 is 4.42 Å². The topological polar surface area (TPSA) is 70.6 Å². The van der Waals surface area contributed by atoms with E-state index in [4.69, 9.17) is 4.42 Å². The van der Waals surface area contributed by atoms with Gasteiger partial charge in [-0.25, -0.2) is 0 Å². The first-order valence-electron chi connectivity index (χ1n) is 14.1. The summed E-state index contributed by atoms with van der Waals surface area (Å²) in [6.45, 7) is 0. The zero-order valence-corrected chi connectivity index (χ0v) is 22.7. The molecule has 5 heteroatoms. The summed E-state index contributed by atoms with van der Waals surface area (Å²) in [6, 6.07) is 45.6. The average Bonchev–Trinajstić information content (AvgIpc) is 3.71. The Morgan fingerprint density at radius 3 is 1.65 bits per heavy atom. The molecular weight excluding hydrogens is 528 g/mol. The van der Waals surface area contributed by atoms with Gasteiger partial charge in [0.15, 0.2) is 5.58 Å². The molecule has 0 unspecified atom stereocenters. The number of hydrogen-bond donors (Lipinski definition) is 0. The number of furan rings is 1. The number of nitrogens with zero attached hydrogens (tertiary/aromatic N) is 4. The van der Waals surface area contributed by atoms with Gasteiger partial charge in [-0.2, -0.15) is 10.5 Å². The van der Waals surface area contributed by atoms with Crippen molar-refractivity contribution in [2.24, 2.45) is 0 Å². The molecular formula is C38H20N4O. The highest BCUT2D eigenvalue weighted by Crippen LogP contribution is 2.41. The maximum Gasteiger partial charge on any atom is 0.159 e. The van der Waals surface area contributed by atoms with Crippen LogP contribution in [-0.2, 0) is 0 Å². The predicted molar refractivity (Wildman–Crippen MR) is 172 cm³/mol. The second kappa shape index (κ2) is 8.60. The van der Waals surface area contributed by atoms with Crippen molar-refractivity contribution in [3.05, 3.63) is 132 Å². The quantitative estimate of drug-likeness (QED) is 0.216. The standard InChI is InChI=1S/C38H20N4O/c39-21-23-13-15-35-29(17-23)28-9-3-6-12-34(28)42(35)36-20-25(19-31-30-18-24(22-40)14-16-37(30)43-38(31)36)41-32-10-4-1-7-26(32)27-8-2-5-11-33(27)41/h1-20H. The summed E-state index contributed by atoms with van der Waals surface area (Å²) in [5, 5.41) is 25.7. The van der Waals surface area contributed by atoms with Crippen LogP contribution in [0.2, 0.25) is 0 Å². The lowest BCUT2D eigenvalue weighted by Gasteiger charge is -2.14. The lowest BCUT2D eigenvalue weighted by Crippen LogP contribution is -1.99. The molecule has 0 fully saturated rings. The van der Waals surface area contributed by atoms with E-state index < -0.39 is 0 Å². The summed E-state index contributed by atoms with van der Waals surface area (Å²) < 4.78 is 11.1. The van der Waals surface area contributed by atoms with Gasteiger partial charge in [0.25, 0.3) is 0 Å². The molecule has 0 aliphatic rings. The lowest BCUT2D eigenvalue weighted by atomic mass is 10.1. The highest BCUT2D eigenvalue weighted by Gasteiger charge is 2.21. The van der Waals surface area contributed by atoms with Gasteiger partial charge in [-0.05, 0) is 66.7 Å². The molecule has 0 aliphatic carbocycles. The fourth-order valence-electron chi connectivity index (χ4n) is 6.71. The molecule has 3 heterocycles. The van der Waals surface area contributed by atoms with E-state index in [1.165, 1.54) is 10.8 Å². The molecule has 0 saturated heterocycles. The van der Waals surface area contributed by atoms with Crippen LogP contribution in [0.25, 0.3) is 76.9 Å². The van der Waals surface area contributed by atoms with Gasteiger partial charge in [-0.15, -0.1) is 0 Å². The molecule has 0 radical (unpaired) electrons. The van der Waals surface area contributed by atoms with Gasteiger partial charge in [-0.3, -0.25) is 0 Å². The summed E-state index contributed by atoms with van der Waals surface area (Å²) >= 11 is 0. The maximum absolute atomic E-state index is 9.72. The Labute approximate surface area is 245 Å². The molecule has 0 bridgehead atoms. The van der Waals surface area contributed by atoms with Crippen molar-refractivity contribution >= 4 is 65.6 Å². The van der Waals surface area contributed by atoms with Crippen molar-refractivity contribution in [1.29, 1.82) is 10.5 Å². The van der Waals surface area contributed by atoms with Crippen molar-refractivity contribution in [2.45, 2.75) is 0 Å². The first-order valence-corrected chi connectivity index (χ1v) is 14.1. The minimum atomic E-state index is 0.583. The van der Waals surface area contributed by atoms with Gasteiger partial charge in [0.2, 0.25) is 0 Å². The Balaban J connectivity index is 1.49. The largest absolute Gasteiger partial charge is 0.454 e. The van der Waals surface area contributed by atoms with Crippen molar-refractivity contribution in [2.75, 3.05) is 0 Å². The second-order valence-corrected chi connectivity index (χ2v) is 10.8. The third-order valence-corrected chi connectivity index (χ3v) is 8.55. The van der Waals surface area contributed by atoms with Crippen LogP contribution in [0, 0.1) is 22.7 Å². The lowest BCUT2D eigenvalue weighted by molar-refractivity contribution is 0.666. The van der Waals surface area contributed by atoms with Crippen LogP contribution in [0.15, 0.2) is 126 Å². The molecule has 0 amide bonds. The van der Waals surface area contributed by atoms with Crippen LogP contribution in [0.5, 0.6) is 0 Å². The summed E-state index contributed by atoms with van der Waals surface area (Å²) in [5.74, 6) is 0. The molecule has 0 atom stereocenters. The van der Waals surface area contributed by atoms with E-state index in [1.54, 1.807) is 6.07 Å². The predicted octanol–water partition coefficient (Wildman–Crippen LogP) is 9.52. The number of aromatic nitrogens is 2. The third-order valence-electron chi connectivity index (χ3n) is 8.55. The first kappa shape index (κ1) is 23.4. The molecule has 9 rings (SSSR count). The Morgan fingerprint density at radius 1 is 0.465 bits per heavy atom. The van der Waals surface area contributed by atoms with Gasteiger partial charge in [0.1, 0.15) is 5.58 Å². The van der Waals surface area contributed by atoms with Crippen molar-refractivity contribution in [3.8, 4) is 23.5 Å². The van der Waals surface area contributed by atoms with E-state index in [0.29, 0.717) is 11.1 Å². The van der Waals surface area contributed by atoms with Crippen LogP contribution in [0.4, 0.5) is 0 Å². The number of hydrogen-bond acceptors (Lipinski definition) is 3. The van der Waals surface area contributed by atoms with E-state index >= 15 is 0 Å². The molecule has 43 heavy (non-hydrogen) atoms. The Morgan fingerprint density at radius 2 is 1.00 bits per heavy atom. The molecule has 0 spiro atoms. The van der Waals surface area contributed by atoms with Crippen molar-refractivity contribution in [1.82, 2.24) is 9.13 Å². The number of nitriles is 2. The van der Waals surface area contributed by atoms with Gasteiger partial charge < -0.3 is 13.6 Å². The fourth-order valence-corrected chi connectivity index (χ4v) is 6.71. The zero-order valence-electron chi connectivity index (χ0n) is 22.7. The molecule has 0 saturated carbocycles. The third kappa shape index (κ3) is 3.19. The van der Waals surface area contributed by atoms with Crippen LogP contribution in [0.3, 0.4) is 0 Å². The van der Waals surface area contributed by atoms with Gasteiger partial charge in [0.05, 0.1) is 51.0 Å². The number of fused-ring (bicyclic) bond motifs is 9. The smallest absolute Gasteiger partial charge is 0.159 e. The van der Waals surface area contributed by atoms with E-state index in [-0.39, 0.29) is 0 Å². The molecule has 0 aliphatic heterocycles. The summed E-state index contributed by atoms with van der Waals surface area (Å²) in [6.07, 6.45) is 0. The Hall–Kier alpha value is -6.30. The minimum absolute atomic E-state index is 0.583. The first-order chi connectivity index (χ1) is 21.2. The van der Waals surface area contributed by atoms with Crippen molar-refractivity contribution in [3.63, 3.8) is 0 Å². The zero-order chi connectivity index (χ0) is 28.7.